The van der Waals surface area contributed by atoms with Crippen molar-refractivity contribution in [2.45, 2.75) is 31.7 Å². The van der Waals surface area contributed by atoms with Gasteiger partial charge in [0, 0.05) is 4.90 Å². The molecule has 4 heteroatoms. The number of nitrogens with one attached hydrogen (secondary N) is 1. The number of thioether (sulfide) groups is 1. The van der Waals surface area contributed by atoms with Gasteiger partial charge in [0.2, 0.25) is 0 Å². The molecular weight excluding hydrogens is 306 g/mol. The highest BCUT2D eigenvalue weighted by Gasteiger charge is 2.14. The Morgan fingerprint density at radius 1 is 1.17 bits per heavy atom. The Morgan fingerprint density at radius 3 is 2.61 bits per heavy atom. The van der Waals surface area contributed by atoms with Crippen LogP contribution < -0.4 is 10.1 Å². The zero-order valence-electron chi connectivity index (χ0n) is 13.8. The molecular formula is C19H23NO2S. The molecule has 0 saturated heterocycles. The normalized spacial score (nSPS) is 11.8. The largest absolute Gasteiger partial charge is 0.491 e. The van der Waals surface area contributed by atoms with Crippen molar-refractivity contribution in [2.75, 3.05) is 12.4 Å². The van der Waals surface area contributed by atoms with Crippen LogP contribution in [0.2, 0.25) is 0 Å². The molecule has 0 bridgehead atoms. The lowest BCUT2D eigenvalue weighted by Gasteiger charge is -2.17. The molecule has 0 aliphatic carbocycles. The lowest BCUT2D eigenvalue weighted by Crippen LogP contribution is -2.37. The summed E-state index contributed by atoms with van der Waals surface area (Å²) in [6, 6.07) is 15.5. The maximum Gasteiger partial charge on any atom is 0.252 e. The second-order valence-corrected chi connectivity index (χ2v) is 6.69. The van der Waals surface area contributed by atoms with Crippen LogP contribution in [-0.4, -0.2) is 24.3 Å². The number of carbonyl (C=O) groups is 1. The fraction of sp³-hybridized carbons (Fsp3) is 0.316. The first-order valence-electron chi connectivity index (χ1n) is 7.83. The predicted molar refractivity (Wildman–Crippen MR) is 96.4 cm³/mol. The third kappa shape index (κ3) is 5.03. The molecule has 0 aromatic heterocycles. The van der Waals surface area contributed by atoms with E-state index in [0.29, 0.717) is 6.61 Å². The van der Waals surface area contributed by atoms with Gasteiger partial charge in [0.25, 0.3) is 5.91 Å². The molecule has 2 aromatic rings. The standard InChI is InChI=1S/C19H23NO2S/c1-4-23-18-12-8-6-10-16(18)19(21)20-15(3)13-22-17-11-7-5-9-14(17)2/h5-12,15H,4,13H2,1-3H3,(H,20,21)/t15-/m1/s1. The fourth-order valence-electron chi connectivity index (χ4n) is 2.21. The molecule has 2 aromatic carbocycles. The summed E-state index contributed by atoms with van der Waals surface area (Å²) in [5.41, 5.74) is 1.82. The smallest absolute Gasteiger partial charge is 0.252 e. The summed E-state index contributed by atoms with van der Waals surface area (Å²) in [7, 11) is 0. The van der Waals surface area contributed by atoms with Gasteiger partial charge in [0.05, 0.1) is 11.6 Å². The Balaban J connectivity index is 1.94. The van der Waals surface area contributed by atoms with Crippen molar-refractivity contribution < 1.29 is 9.53 Å². The maximum absolute atomic E-state index is 12.4. The SMILES string of the molecule is CCSc1ccccc1C(=O)N[C@H](C)COc1ccccc1C. The second-order valence-electron chi connectivity index (χ2n) is 5.38. The van der Waals surface area contributed by atoms with Crippen molar-refractivity contribution in [2.24, 2.45) is 0 Å². The number of hydrogen-bond acceptors (Lipinski definition) is 3. The number of hydrogen-bond donors (Lipinski definition) is 1. The highest BCUT2D eigenvalue weighted by Crippen LogP contribution is 2.22. The minimum Gasteiger partial charge on any atom is -0.491 e. The van der Waals surface area contributed by atoms with Crippen LogP contribution in [0.25, 0.3) is 0 Å². The number of benzene rings is 2. The average Bonchev–Trinajstić information content (AvgIpc) is 2.55. The topological polar surface area (TPSA) is 38.3 Å². The molecule has 1 atom stereocenters. The van der Waals surface area contributed by atoms with Crippen LogP contribution in [0, 0.1) is 6.92 Å². The molecule has 0 aliphatic rings. The summed E-state index contributed by atoms with van der Waals surface area (Å²) < 4.78 is 5.79. The summed E-state index contributed by atoms with van der Waals surface area (Å²) in [6.45, 7) is 6.49. The van der Waals surface area contributed by atoms with Gasteiger partial charge in [0.15, 0.2) is 0 Å². The molecule has 122 valence electrons. The molecule has 0 unspecified atom stereocenters. The summed E-state index contributed by atoms with van der Waals surface area (Å²) in [4.78, 5) is 13.5. The van der Waals surface area contributed by atoms with E-state index in [0.717, 1.165) is 27.5 Å². The van der Waals surface area contributed by atoms with Crippen molar-refractivity contribution in [3.63, 3.8) is 0 Å². The zero-order valence-corrected chi connectivity index (χ0v) is 14.7. The molecule has 0 aliphatic heterocycles. The maximum atomic E-state index is 12.4. The van der Waals surface area contributed by atoms with E-state index >= 15 is 0 Å². The molecule has 0 spiro atoms. The number of ether oxygens (including phenoxy) is 1. The third-order valence-corrected chi connectivity index (χ3v) is 4.35. The molecule has 1 amide bonds. The highest BCUT2D eigenvalue weighted by atomic mass is 32.2. The van der Waals surface area contributed by atoms with Crippen molar-refractivity contribution in [3.8, 4) is 5.75 Å². The Labute approximate surface area is 142 Å². The number of rotatable bonds is 7. The van der Waals surface area contributed by atoms with Gasteiger partial charge in [-0.25, -0.2) is 0 Å². The highest BCUT2D eigenvalue weighted by molar-refractivity contribution is 7.99. The van der Waals surface area contributed by atoms with Gasteiger partial charge in [-0.05, 0) is 43.4 Å². The van der Waals surface area contributed by atoms with Crippen molar-refractivity contribution in [3.05, 3.63) is 59.7 Å². The van der Waals surface area contributed by atoms with E-state index in [2.05, 4.69) is 12.2 Å². The lowest BCUT2D eigenvalue weighted by atomic mass is 10.2. The van der Waals surface area contributed by atoms with Crippen LogP contribution in [0.3, 0.4) is 0 Å². The van der Waals surface area contributed by atoms with Crippen LogP contribution in [0.1, 0.15) is 29.8 Å². The van der Waals surface area contributed by atoms with Gasteiger partial charge in [-0.2, -0.15) is 0 Å². The van der Waals surface area contributed by atoms with Crippen LogP contribution >= 0.6 is 11.8 Å². The monoisotopic (exact) mass is 329 g/mol. The first-order valence-corrected chi connectivity index (χ1v) is 8.81. The van der Waals surface area contributed by atoms with Gasteiger partial charge < -0.3 is 10.1 Å². The minimum atomic E-state index is -0.0678. The molecule has 1 N–H and O–H groups in total. The second kappa shape index (κ2) is 8.63. The first-order chi connectivity index (χ1) is 11.1. The molecule has 2 rings (SSSR count). The summed E-state index contributed by atoms with van der Waals surface area (Å²) >= 11 is 1.68. The van der Waals surface area contributed by atoms with Crippen molar-refractivity contribution in [1.82, 2.24) is 5.32 Å². The van der Waals surface area contributed by atoms with Gasteiger partial charge in [-0.3, -0.25) is 4.79 Å². The fourth-order valence-corrected chi connectivity index (χ4v) is 3.01. The van der Waals surface area contributed by atoms with Gasteiger partial charge in [0.1, 0.15) is 12.4 Å². The predicted octanol–water partition coefficient (Wildman–Crippen LogP) is 4.30. The molecule has 0 heterocycles. The van der Waals surface area contributed by atoms with Crippen LogP contribution in [-0.2, 0) is 0 Å². The van der Waals surface area contributed by atoms with Crippen molar-refractivity contribution in [1.29, 1.82) is 0 Å². The molecule has 0 radical (unpaired) electrons. The summed E-state index contributed by atoms with van der Waals surface area (Å²) in [5, 5.41) is 3.01. The Kier molecular flexibility index (Phi) is 6.53. The van der Waals surface area contributed by atoms with Gasteiger partial charge >= 0.3 is 0 Å². The molecule has 0 saturated carbocycles. The average molecular weight is 329 g/mol. The number of amides is 1. The number of para-hydroxylation sites is 1. The minimum absolute atomic E-state index is 0.0533. The van der Waals surface area contributed by atoms with Gasteiger partial charge in [-0.15, -0.1) is 11.8 Å². The molecule has 0 fully saturated rings. The zero-order chi connectivity index (χ0) is 16.7. The first kappa shape index (κ1) is 17.4. The van der Waals surface area contributed by atoms with E-state index in [1.54, 1.807) is 11.8 Å². The van der Waals surface area contributed by atoms with Crippen LogP contribution in [0.15, 0.2) is 53.4 Å². The van der Waals surface area contributed by atoms with E-state index in [1.165, 1.54) is 0 Å². The quantitative estimate of drug-likeness (QED) is 0.770. The lowest BCUT2D eigenvalue weighted by molar-refractivity contribution is 0.0923. The van der Waals surface area contributed by atoms with E-state index in [1.807, 2.05) is 62.4 Å². The van der Waals surface area contributed by atoms with Crippen LogP contribution in [0.5, 0.6) is 5.75 Å². The third-order valence-electron chi connectivity index (χ3n) is 3.39. The van der Waals surface area contributed by atoms with Gasteiger partial charge in [-0.1, -0.05) is 37.3 Å². The summed E-state index contributed by atoms with van der Waals surface area (Å²) in [6.07, 6.45) is 0. The van der Waals surface area contributed by atoms with Crippen LogP contribution in [0.4, 0.5) is 0 Å². The number of aryl methyl sites for hydroxylation is 1. The van der Waals surface area contributed by atoms with Crippen molar-refractivity contribution >= 4 is 17.7 Å². The molecule has 23 heavy (non-hydrogen) atoms. The Morgan fingerprint density at radius 2 is 1.87 bits per heavy atom. The van der Waals surface area contributed by atoms with E-state index in [4.69, 9.17) is 4.74 Å². The number of carbonyl (C=O) groups excluding carboxylic acids is 1. The Hall–Kier alpha value is -1.94. The Bertz CT molecular complexity index is 657. The van der Waals surface area contributed by atoms with E-state index in [9.17, 15) is 4.79 Å². The summed E-state index contributed by atoms with van der Waals surface area (Å²) in [5.74, 6) is 1.74. The van der Waals surface area contributed by atoms with E-state index < -0.39 is 0 Å². The molecule has 3 nitrogen and oxygen atoms in total. The van der Waals surface area contributed by atoms with E-state index in [-0.39, 0.29) is 11.9 Å².